The number of anilines is 1. The van der Waals surface area contributed by atoms with E-state index in [4.69, 9.17) is 4.74 Å². The molecule has 0 aliphatic heterocycles. The third-order valence-electron chi connectivity index (χ3n) is 3.48. The zero-order chi connectivity index (χ0) is 20.5. The summed E-state index contributed by atoms with van der Waals surface area (Å²) in [4.78, 5) is 35.0. The molecular weight excluding hydrogens is 370 g/mol. The number of amides is 2. The summed E-state index contributed by atoms with van der Waals surface area (Å²) >= 11 is 0. The average molecular weight is 388 g/mol. The number of hydrogen-bond acceptors (Lipinski definition) is 4. The number of carbonyl (C=O) groups excluding carboxylic acids is 3. The molecule has 146 valence electrons. The molecule has 0 bridgehead atoms. The van der Waals surface area contributed by atoms with Gasteiger partial charge in [0.2, 0.25) is 5.91 Å². The highest BCUT2D eigenvalue weighted by Crippen LogP contribution is 2.11. The van der Waals surface area contributed by atoms with Crippen LogP contribution >= 0.6 is 0 Å². The van der Waals surface area contributed by atoms with Crippen molar-refractivity contribution in [3.63, 3.8) is 0 Å². The van der Waals surface area contributed by atoms with Crippen LogP contribution in [0.5, 0.6) is 0 Å². The van der Waals surface area contributed by atoms with Crippen LogP contribution in [0.4, 0.5) is 14.5 Å². The van der Waals surface area contributed by atoms with E-state index in [1.807, 2.05) is 0 Å². The predicted octanol–water partition coefficient (Wildman–Crippen LogP) is 2.91. The second kappa shape index (κ2) is 9.96. The third-order valence-corrected chi connectivity index (χ3v) is 3.48. The van der Waals surface area contributed by atoms with Gasteiger partial charge in [-0.1, -0.05) is 12.1 Å². The second-order valence-electron chi connectivity index (χ2n) is 5.56. The predicted molar refractivity (Wildman–Crippen MR) is 99.4 cm³/mol. The fraction of sp³-hybridized carbons (Fsp3) is 0.150. The van der Waals surface area contributed by atoms with Crippen molar-refractivity contribution in [3.05, 3.63) is 71.3 Å². The van der Waals surface area contributed by atoms with Gasteiger partial charge in [0.15, 0.2) is 0 Å². The van der Waals surface area contributed by atoms with Gasteiger partial charge in [0.05, 0.1) is 18.7 Å². The molecule has 2 N–H and O–H groups in total. The number of carbonyl (C=O) groups is 3. The van der Waals surface area contributed by atoms with Gasteiger partial charge in [0.1, 0.15) is 11.6 Å². The van der Waals surface area contributed by atoms with E-state index in [1.54, 1.807) is 37.3 Å². The summed E-state index contributed by atoms with van der Waals surface area (Å²) < 4.78 is 31.2. The monoisotopic (exact) mass is 388 g/mol. The Morgan fingerprint density at radius 1 is 1.07 bits per heavy atom. The van der Waals surface area contributed by atoms with Gasteiger partial charge in [0.25, 0.3) is 5.91 Å². The van der Waals surface area contributed by atoms with Crippen LogP contribution in [0.25, 0.3) is 6.08 Å². The lowest BCUT2D eigenvalue weighted by atomic mass is 10.2. The van der Waals surface area contributed by atoms with E-state index in [9.17, 15) is 23.2 Å². The normalized spacial score (nSPS) is 10.5. The first-order chi connectivity index (χ1) is 13.4. The minimum absolute atomic E-state index is 0.290. The number of hydrogen-bond donors (Lipinski definition) is 2. The Bertz CT molecular complexity index is 896. The van der Waals surface area contributed by atoms with Crippen molar-refractivity contribution in [2.24, 2.45) is 0 Å². The smallest absolute Gasteiger partial charge is 0.330 e. The van der Waals surface area contributed by atoms with Crippen LogP contribution in [0.15, 0.2) is 48.5 Å². The lowest BCUT2D eigenvalue weighted by molar-refractivity contribution is -0.137. The molecule has 0 aromatic heterocycles. The molecule has 2 rings (SSSR count). The van der Waals surface area contributed by atoms with Crippen LogP contribution in [0.2, 0.25) is 0 Å². The molecular formula is C20H18F2N2O4. The summed E-state index contributed by atoms with van der Waals surface area (Å²) in [7, 11) is 0. The van der Waals surface area contributed by atoms with Crippen molar-refractivity contribution in [2.75, 3.05) is 18.5 Å². The highest BCUT2D eigenvalue weighted by molar-refractivity contribution is 5.99. The van der Waals surface area contributed by atoms with Crippen molar-refractivity contribution in [3.8, 4) is 0 Å². The second-order valence-corrected chi connectivity index (χ2v) is 5.56. The first kappa shape index (κ1) is 20.8. The van der Waals surface area contributed by atoms with Crippen LogP contribution in [-0.4, -0.2) is 30.9 Å². The van der Waals surface area contributed by atoms with E-state index >= 15 is 0 Å². The highest BCUT2D eigenvalue weighted by atomic mass is 19.1. The molecule has 2 aromatic rings. The summed E-state index contributed by atoms with van der Waals surface area (Å²) in [6.45, 7) is 1.61. The van der Waals surface area contributed by atoms with Gasteiger partial charge in [0, 0.05) is 17.8 Å². The third kappa shape index (κ3) is 6.31. The topological polar surface area (TPSA) is 84.5 Å². The van der Waals surface area contributed by atoms with Gasteiger partial charge in [-0.05, 0) is 42.8 Å². The molecule has 8 heteroatoms. The fourth-order valence-electron chi connectivity index (χ4n) is 2.17. The quantitative estimate of drug-likeness (QED) is 0.564. The minimum Gasteiger partial charge on any atom is -0.463 e. The molecule has 0 heterocycles. The van der Waals surface area contributed by atoms with Gasteiger partial charge in [-0.3, -0.25) is 9.59 Å². The van der Waals surface area contributed by atoms with E-state index in [2.05, 4.69) is 10.6 Å². The van der Waals surface area contributed by atoms with E-state index in [-0.39, 0.29) is 12.1 Å². The Morgan fingerprint density at radius 2 is 1.79 bits per heavy atom. The summed E-state index contributed by atoms with van der Waals surface area (Å²) in [5, 5.41) is 4.82. The maximum Gasteiger partial charge on any atom is 0.330 e. The molecule has 0 aliphatic rings. The maximum absolute atomic E-state index is 13.5. The number of rotatable bonds is 7. The standard InChI is InChI=1S/C20H18F2N2O4/c1-2-28-19(26)10-5-13-3-7-15(8-4-13)24-18(25)12-23-20(27)16-9-6-14(21)11-17(16)22/h3-11H,2,12H2,1H3,(H,23,27)(H,24,25)/b10-5+. The van der Waals surface area contributed by atoms with Crippen molar-refractivity contribution in [2.45, 2.75) is 6.92 Å². The Balaban J connectivity index is 1.85. The molecule has 0 atom stereocenters. The van der Waals surface area contributed by atoms with Gasteiger partial charge in [-0.15, -0.1) is 0 Å². The zero-order valence-corrected chi connectivity index (χ0v) is 15.0. The zero-order valence-electron chi connectivity index (χ0n) is 15.0. The van der Waals surface area contributed by atoms with Gasteiger partial charge in [-0.25, -0.2) is 13.6 Å². The average Bonchev–Trinajstić information content (AvgIpc) is 2.66. The summed E-state index contributed by atoms with van der Waals surface area (Å²) in [6, 6.07) is 9.13. The molecule has 0 fully saturated rings. The minimum atomic E-state index is -1.01. The summed E-state index contributed by atoms with van der Waals surface area (Å²) in [5.74, 6) is -3.61. The SMILES string of the molecule is CCOC(=O)/C=C/c1ccc(NC(=O)CNC(=O)c2ccc(F)cc2F)cc1. The van der Waals surface area contributed by atoms with Crippen LogP contribution in [0, 0.1) is 11.6 Å². The first-order valence-corrected chi connectivity index (χ1v) is 8.37. The highest BCUT2D eigenvalue weighted by Gasteiger charge is 2.13. The van der Waals surface area contributed by atoms with Gasteiger partial charge < -0.3 is 15.4 Å². The van der Waals surface area contributed by atoms with E-state index in [0.717, 1.165) is 17.7 Å². The molecule has 0 aliphatic carbocycles. The van der Waals surface area contributed by atoms with E-state index in [0.29, 0.717) is 18.4 Å². The molecule has 0 unspecified atom stereocenters. The fourth-order valence-corrected chi connectivity index (χ4v) is 2.17. The Labute approximate surface area is 160 Å². The lowest BCUT2D eigenvalue weighted by Crippen LogP contribution is -2.33. The van der Waals surface area contributed by atoms with Crippen molar-refractivity contribution < 1.29 is 27.9 Å². The number of ether oxygens (including phenoxy) is 1. The molecule has 2 aromatic carbocycles. The van der Waals surface area contributed by atoms with E-state index < -0.39 is 29.4 Å². The molecule has 0 saturated heterocycles. The number of esters is 1. The van der Waals surface area contributed by atoms with Crippen LogP contribution in [-0.2, 0) is 14.3 Å². The lowest BCUT2D eigenvalue weighted by Gasteiger charge is -2.08. The maximum atomic E-state index is 13.5. The van der Waals surface area contributed by atoms with Crippen LogP contribution < -0.4 is 10.6 Å². The summed E-state index contributed by atoms with van der Waals surface area (Å²) in [6.07, 6.45) is 2.86. The van der Waals surface area contributed by atoms with Crippen LogP contribution in [0.1, 0.15) is 22.8 Å². The van der Waals surface area contributed by atoms with Crippen molar-refractivity contribution >= 4 is 29.5 Å². The molecule has 0 radical (unpaired) electrons. The Morgan fingerprint density at radius 3 is 2.43 bits per heavy atom. The molecule has 28 heavy (non-hydrogen) atoms. The molecule has 0 spiro atoms. The first-order valence-electron chi connectivity index (χ1n) is 8.37. The van der Waals surface area contributed by atoms with Gasteiger partial charge in [-0.2, -0.15) is 0 Å². The van der Waals surface area contributed by atoms with Crippen molar-refractivity contribution in [1.82, 2.24) is 5.32 Å². The molecule has 2 amide bonds. The van der Waals surface area contributed by atoms with Crippen LogP contribution in [0.3, 0.4) is 0 Å². The number of benzene rings is 2. The number of nitrogens with one attached hydrogen (secondary N) is 2. The Kier molecular flexibility index (Phi) is 7.38. The van der Waals surface area contributed by atoms with E-state index in [1.165, 1.54) is 6.08 Å². The molecule has 0 saturated carbocycles. The number of halogens is 2. The molecule has 6 nitrogen and oxygen atoms in total. The largest absolute Gasteiger partial charge is 0.463 e. The summed E-state index contributed by atoms with van der Waals surface area (Å²) in [5.41, 5.74) is 0.846. The van der Waals surface area contributed by atoms with Crippen molar-refractivity contribution in [1.29, 1.82) is 0 Å². The van der Waals surface area contributed by atoms with Gasteiger partial charge >= 0.3 is 5.97 Å². The Hall–Kier alpha value is -3.55.